The normalized spacial score (nSPS) is 22.5. The van der Waals surface area contributed by atoms with E-state index in [9.17, 15) is 13.2 Å². The maximum Gasteiger partial charge on any atom is 0.241 e. The van der Waals surface area contributed by atoms with E-state index in [2.05, 4.69) is 4.72 Å². The molecule has 0 saturated carbocycles. The fourth-order valence-electron chi connectivity index (χ4n) is 3.22. The molecule has 26 heavy (non-hydrogen) atoms. The van der Waals surface area contributed by atoms with Gasteiger partial charge in [-0.1, -0.05) is 31.5 Å². The lowest BCUT2D eigenvalue weighted by molar-refractivity contribution is -0.145. The Hall–Kier alpha value is -1.44. The van der Waals surface area contributed by atoms with E-state index >= 15 is 0 Å². The molecule has 0 radical (unpaired) electrons. The Balaban J connectivity index is 2.21. The highest BCUT2D eigenvalue weighted by molar-refractivity contribution is 7.89. The van der Waals surface area contributed by atoms with Gasteiger partial charge in [-0.2, -0.15) is 4.72 Å². The van der Waals surface area contributed by atoms with Gasteiger partial charge in [0.25, 0.3) is 0 Å². The van der Waals surface area contributed by atoms with Crippen LogP contribution in [0.1, 0.15) is 39.7 Å². The van der Waals surface area contributed by atoms with Gasteiger partial charge in [0.05, 0.1) is 17.1 Å². The van der Waals surface area contributed by atoms with Crippen molar-refractivity contribution in [3.05, 3.63) is 29.8 Å². The van der Waals surface area contributed by atoms with E-state index in [4.69, 9.17) is 4.74 Å². The minimum atomic E-state index is -3.76. The van der Waals surface area contributed by atoms with Crippen LogP contribution in [0.3, 0.4) is 0 Å². The van der Waals surface area contributed by atoms with E-state index in [1.54, 1.807) is 29.2 Å². The van der Waals surface area contributed by atoms with Gasteiger partial charge in [0.15, 0.2) is 0 Å². The topological polar surface area (TPSA) is 75.7 Å². The lowest BCUT2D eigenvalue weighted by Gasteiger charge is -2.37. The molecule has 2 rings (SSSR count). The van der Waals surface area contributed by atoms with Crippen molar-refractivity contribution in [2.24, 2.45) is 5.92 Å². The Kier molecular flexibility index (Phi) is 6.82. The summed E-state index contributed by atoms with van der Waals surface area (Å²) in [6, 6.07) is 5.85. The average Bonchev–Trinajstić information content (AvgIpc) is 2.52. The average molecular weight is 383 g/mol. The van der Waals surface area contributed by atoms with E-state index in [1.165, 1.54) is 0 Å². The zero-order valence-electron chi connectivity index (χ0n) is 16.2. The van der Waals surface area contributed by atoms with Gasteiger partial charge in [-0.25, -0.2) is 8.42 Å². The Morgan fingerprint density at radius 3 is 2.23 bits per heavy atom. The summed E-state index contributed by atoms with van der Waals surface area (Å²) in [5.41, 5.74) is 0.982. The number of hydrogen-bond donors (Lipinski definition) is 1. The van der Waals surface area contributed by atoms with Crippen molar-refractivity contribution in [2.75, 3.05) is 13.1 Å². The molecule has 0 aliphatic carbocycles. The van der Waals surface area contributed by atoms with Crippen LogP contribution in [0.25, 0.3) is 0 Å². The van der Waals surface area contributed by atoms with Crippen molar-refractivity contribution < 1.29 is 17.9 Å². The van der Waals surface area contributed by atoms with Crippen molar-refractivity contribution in [3.8, 4) is 0 Å². The summed E-state index contributed by atoms with van der Waals surface area (Å²) in [5, 5.41) is 0. The second-order valence-corrected chi connectivity index (χ2v) is 9.33. The Labute approximate surface area is 157 Å². The molecular weight excluding hydrogens is 352 g/mol. The van der Waals surface area contributed by atoms with Gasteiger partial charge in [-0.05, 0) is 45.2 Å². The first-order valence-corrected chi connectivity index (χ1v) is 10.6. The lowest BCUT2D eigenvalue weighted by atomic mass is 10.0. The number of rotatable bonds is 6. The summed E-state index contributed by atoms with van der Waals surface area (Å²) >= 11 is 0. The summed E-state index contributed by atoms with van der Waals surface area (Å²) in [4.78, 5) is 14.9. The molecule has 146 valence electrons. The van der Waals surface area contributed by atoms with Gasteiger partial charge in [0, 0.05) is 13.1 Å². The summed E-state index contributed by atoms with van der Waals surface area (Å²) in [6.45, 7) is 10.6. The zero-order valence-corrected chi connectivity index (χ0v) is 17.0. The number of hydrogen-bond acceptors (Lipinski definition) is 4. The smallest absolute Gasteiger partial charge is 0.241 e. The zero-order chi connectivity index (χ0) is 19.5. The molecule has 0 aromatic heterocycles. The highest BCUT2D eigenvalue weighted by atomic mass is 32.2. The lowest BCUT2D eigenvalue weighted by Crippen LogP contribution is -2.55. The van der Waals surface area contributed by atoms with Crippen molar-refractivity contribution in [2.45, 2.75) is 64.2 Å². The number of carbonyl (C=O) groups is 1. The van der Waals surface area contributed by atoms with Crippen LogP contribution in [-0.4, -0.2) is 50.6 Å². The highest BCUT2D eigenvalue weighted by Gasteiger charge is 2.33. The summed E-state index contributed by atoms with van der Waals surface area (Å²) in [5.74, 6) is -0.00283. The predicted octanol–water partition coefficient (Wildman–Crippen LogP) is 2.32. The second-order valence-electron chi connectivity index (χ2n) is 7.62. The first-order chi connectivity index (χ1) is 12.1. The molecule has 1 aromatic rings. The van der Waals surface area contributed by atoms with Crippen LogP contribution >= 0.6 is 0 Å². The molecule has 1 aliphatic rings. The largest absolute Gasteiger partial charge is 0.372 e. The minimum Gasteiger partial charge on any atom is -0.372 e. The molecule has 1 saturated heterocycles. The van der Waals surface area contributed by atoms with Crippen LogP contribution in [0.5, 0.6) is 0 Å². The standard InChI is InChI=1S/C19H30N2O4S/c1-13(2)10-18(19(22)21-11-15(4)25-16(5)12-21)20-26(23,24)17-8-6-14(3)7-9-17/h6-9,13,15-16,18,20H,10-12H2,1-5H3/t15-,16+,18-/m1/s1. The fraction of sp³-hybridized carbons (Fsp3) is 0.632. The van der Waals surface area contributed by atoms with Crippen molar-refractivity contribution in [3.63, 3.8) is 0 Å². The molecule has 0 bridgehead atoms. The maximum absolute atomic E-state index is 13.0. The fourth-order valence-corrected chi connectivity index (χ4v) is 4.42. The molecule has 0 unspecified atom stereocenters. The van der Waals surface area contributed by atoms with E-state index in [0.29, 0.717) is 19.5 Å². The maximum atomic E-state index is 13.0. The molecule has 1 aliphatic heterocycles. The van der Waals surface area contributed by atoms with E-state index in [1.807, 2.05) is 34.6 Å². The third kappa shape index (κ3) is 5.53. The van der Waals surface area contributed by atoms with Gasteiger partial charge in [0.1, 0.15) is 6.04 Å². The number of morpholine rings is 1. The van der Waals surface area contributed by atoms with Gasteiger partial charge in [-0.15, -0.1) is 0 Å². The minimum absolute atomic E-state index is 0.0592. The van der Waals surface area contributed by atoms with E-state index in [-0.39, 0.29) is 28.9 Å². The molecular formula is C19H30N2O4S. The molecule has 6 nitrogen and oxygen atoms in total. The van der Waals surface area contributed by atoms with Crippen LogP contribution in [-0.2, 0) is 19.6 Å². The van der Waals surface area contributed by atoms with Gasteiger partial charge < -0.3 is 9.64 Å². The van der Waals surface area contributed by atoms with Crippen LogP contribution in [0.4, 0.5) is 0 Å². The van der Waals surface area contributed by atoms with Crippen molar-refractivity contribution in [1.82, 2.24) is 9.62 Å². The number of ether oxygens (including phenoxy) is 1. The van der Waals surface area contributed by atoms with Crippen LogP contribution in [0.2, 0.25) is 0 Å². The monoisotopic (exact) mass is 382 g/mol. The Bertz CT molecular complexity index is 706. The van der Waals surface area contributed by atoms with Crippen LogP contribution in [0.15, 0.2) is 29.2 Å². The second kappa shape index (κ2) is 8.50. The summed E-state index contributed by atoms with van der Waals surface area (Å²) in [6.07, 6.45) is 0.330. The SMILES string of the molecule is Cc1ccc(S(=O)(=O)N[C@H](CC(C)C)C(=O)N2C[C@@H](C)O[C@@H](C)C2)cc1. The number of nitrogens with one attached hydrogen (secondary N) is 1. The first-order valence-electron chi connectivity index (χ1n) is 9.11. The van der Waals surface area contributed by atoms with Gasteiger partial charge in [0.2, 0.25) is 15.9 Å². The molecule has 1 fully saturated rings. The number of nitrogens with zero attached hydrogens (tertiary/aromatic N) is 1. The Morgan fingerprint density at radius 2 is 1.73 bits per heavy atom. The van der Waals surface area contributed by atoms with Crippen LogP contribution in [0, 0.1) is 12.8 Å². The third-order valence-corrected chi connectivity index (χ3v) is 5.85. The number of amides is 1. The molecule has 1 N–H and O–H groups in total. The van der Waals surface area contributed by atoms with Crippen molar-refractivity contribution >= 4 is 15.9 Å². The number of carbonyl (C=O) groups excluding carboxylic acids is 1. The number of aryl methyl sites for hydroxylation is 1. The number of sulfonamides is 1. The summed E-state index contributed by atoms with van der Waals surface area (Å²) in [7, 11) is -3.76. The van der Waals surface area contributed by atoms with Gasteiger partial charge >= 0.3 is 0 Å². The molecule has 0 spiro atoms. The quantitative estimate of drug-likeness (QED) is 0.819. The molecule has 7 heteroatoms. The number of benzene rings is 1. The molecule has 3 atom stereocenters. The first kappa shape index (κ1) is 20.9. The van der Waals surface area contributed by atoms with E-state index in [0.717, 1.165) is 5.56 Å². The highest BCUT2D eigenvalue weighted by Crippen LogP contribution is 2.17. The van der Waals surface area contributed by atoms with Crippen molar-refractivity contribution in [1.29, 1.82) is 0 Å². The van der Waals surface area contributed by atoms with Gasteiger partial charge in [-0.3, -0.25) is 4.79 Å². The molecule has 1 amide bonds. The van der Waals surface area contributed by atoms with Crippen LogP contribution < -0.4 is 4.72 Å². The Morgan fingerprint density at radius 1 is 1.19 bits per heavy atom. The molecule has 1 aromatic carbocycles. The summed E-state index contributed by atoms with van der Waals surface area (Å²) < 4.78 is 33.8. The molecule has 1 heterocycles. The third-order valence-electron chi connectivity index (χ3n) is 4.37. The predicted molar refractivity (Wildman–Crippen MR) is 101 cm³/mol. The van der Waals surface area contributed by atoms with E-state index < -0.39 is 16.1 Å².